The third-order valence-corrected chi connectivity index (χ3v) is 6.00. The highest BCUT2D eigenvalue weighted by Gasteiger charge is 2.48. The number of anilines is 1. The minimum atomic E-state index is -4.77. The number of hydrogen-bond donors (Lipinski definition) is 3. The van der Waals surface area contributed by atoms with Gasteiger partial charge in [0.2, 0.25) is 0 Å². The quantitative estimate of drug-likeness (QED) is 0.576. The number of phenols is 1. The fraction of sp³-hybridized carbons (Fsp3) is 0.524. The molecule has 0 atom stereocenters. The van der Waals surface area contributed by atoms with E-state index in [1.807, 2.05) is 0 Å². The Labute approximate surface area is 176 Å². The van der Waals surface area contributed by atoms with Crippen molar-refractivity contribution in [3.63, 3.8) is 0 Å². The van der Waals surface area contributed by atoms with Gasteiger partial charge in [-0.1, -0.05) is 12.8 Å². The molecule has 0 bridgehead atoms. The number of ether oxygens (including phenoxy) is 1. The molecular weight excluding hydrogens is 418 g/mol. The average molecular weight is 441 g/mol. The number of aliphatic hydroxyl groups is 1. The monoisotopic (exact) mass is 441 g/mol. The summed E-state index contributed by atoms with van der Waals surface area (Å²) < 4.78 is 58.5. The molecule has 1 aromatic heterocycles. The van der Waals surface area contributed by atoms with Gasteiger partial charge in [-0.25, -0.2) is 4.39 Å². The van der Waals surface area contributed by atoms with Crippen molar-refractivity contribution < 1.29 is 32.5 Å². The number of rotatable bonds is 1. The van der Waals surface area contributed by atoms with Gasteiger partial charge in [-0.05, 0) is 43.4 Å². The number of aromatic hydroxyl groups is 1. The Morgan fingerprint density at radius 1 is 1.10 bits per heavy atom. The summed E-state index contributed by atoms with van der Waals surface area (Å²) in [5.74, 6) is -1.93. The predicted molar refractivity (Wildman–Crippen MR) is 103 cm³/mol. The molecule has 0 saturated heterocycles. The molecule has 31 heavy (non-hydrogen) atoms. The maximum atomic E-state index is 14.4. The van der Waals surface area contributed by atoms with Crippen LogP contribution < -0.4 is 5.73 Å². The number of aromatic nitrogens is 2. The Bertz CT molecular complexity index is 964. The first-order chi connectivity index (χ1) is 14.6. The zero-order valence-electron chi connectivity index (χ0n) is 16.7. The van der Waals surface area contributed by atoms with Crippen LogP contribution in [-0.4, -0.2) is 32.1 Å². The van der Waals surface area contributed by atoms with Gasteiger partial charge in [0.1, 0.15) is 17.3 Å². The molecule has 0 amide bonds. The fourth-order valence-electron chi connectivity index (χ4n) is 4.03. The van der Waals surface area contributed by atoms with Gasteiger partial charge < -0.3 is 20.7 Å². The third kappa shape index (κ3) is 4.45. The highest BCUT2D eigenvalue weighted by molar-refractivity contribution is 5.73. The Balaban J connectivity index is 0.000000334. The van der Waals surface area contributed by atoms with Gasteiger partial charge in [0.25, 0.3) is 0 Å². The summed E-state index contributed by atoms with van der Waals surface area (Å²) in [6.45, 7) is 0.173. The summed E-state index contributed by atoms with van der Waals surface area (Å²) in [6, 6.07) is 0.820. The number of aliphatic hydroxyl groups excluding tert-OH is 1. The zero-order valence-corrected chi connectivity index (χ0v) is 16.7. The van der Waals surface area contributed by atoms with Gasteiger partial charge >= 0.3 is 6.18 Å². The summed E-state index contributed by atoms with van der Waals surface area (Å²) in [5.41, 5.74) is 4.86. The van der Waals surface area contributed by atoms with Gasteiger partial charge in [0.05, 0.1) is 29.4 Å². The molecule has 10 heteroatoms. The maximum absolute atomic E-state index is 14.4. The number of nitrogens with zero attached hydrogens (tertiary/aromatic N) is 2. The molecule has 1 aromatic carbocycles. The zero-order chi connectivity index (χ0) is 22.4. The smallest absolute Gasteiger partial charge is 0.416 e. The van der Waals surface area contributed by atoms with E-state index in [2.05, 4.69) is 10.2 Å². The minimum absolute atomic E-state index is 0.00231. The van der Waals surface area contributed by atoms with Gasteiger partial charge in [-0.3, -0.25) is 0 Å². The maximum Gasteiger partial charge on any atom is 0.416 e. The fourth-order valence-corrected chi connectivity index (χ4v) is 4.03. The molecule has 3 aliphatic rings. The number of nitrogen functional groups attached to an aromatic ring is 1. The largest absolute Gasteiger partial charge is 0.507 e. The molecule has 5 rings (SSSR count). The van der Waals surface area contributed by atoms with E-state index in [4.69, 9.17) is 15.6 Å². The molecule has 6 nitrogen and oxygen atoms in total. The van der Waals surface area contributed by atoms with Crippen molar-refractivity contribution in [2.75, 3.05) is 5.73 Å². The van der Waals surface area contributed by atoms with Gasteiger partial charge in [0.15, 0.2) is 5.82 Å². The lowest BCUT2D eigenvalue weighted by Crippen LogP contribution is -2.26. The standard InChI is InChI=1S/C16H13F4N3O2.C5H10O/c17-10-3-7(16(18,19)20)4-11(24)12(10)13-8-5-15(1-2-15)25-6-9(8)14(21)23-22-13;6-5-3-1-2-4-5/h3-4,24H,1-2,5-6H2,(H2,21,23);5-6H,1-4H2. The minimum Gasteiger partial charge on any atom is -0.507 e. The van der Waals surface area contributed by atoms with E-state index >= 15 is 0 Å². The first kappa shape index (κ1) is 21.8. The third-order valence-electron chi connectivity index (χ3n) is 6.00. The van der Waals surface area contributed by atoms with Crippen molar-refractivity contribution in [2.45, 2.75) is 69.4 Å². The van der Waals surface area contributed by atoms with Crippen LogP contribution in [-0.2, 0) is 23.9 Å². The number of phenolic OH excluding ortho intramolecular Hbond substituents is 1. The highest BCUT2D eigenvalue weighted by Crippen LogP contribution is 2.49. The Hall–Kier alpha value is -2.46. The van der Waals surface area contributed by atoms with Gasteiger partial charge in [-0.2, -0.15) is 13.2 Å². The van der Waals surface area contributed by atoms with Crippen LogP contribution in [0, 0.1) is 5.82 Å². The van der Waals surface area contributed by atoms with Crippen LogP contribution >= 0.6 is 0 Å². The Morgan fingerprint density at radius 3 is 2.29 bits per heavy atom. The molecular formula is C21H23F4N3O3. The van der Waals surface area contributed by atoms with Crippen LogP contribution in [0.25, 0.3) is 11.3 Å². The molecule has 1 aliphatic heterocycles. The second-order valence-electron chi connectivity index (χ2n) is 8.33. The summed E-state index contributed by atoms with van der Waals surface area (Å²) in [5, 5.41) is 26.4. The number of alkyl halides is 3. The van der Waals surface area contributed by atoms with Crippen LogP contribution in [0.4, 0.5) is 23.4 Å². The van der Waals surface area contributed by atoms with Crippen molar-refractivity contribution in [1.29, 1.82) is 0 Å². The van der Waals surface area contributed by atoms with Crippen molar-refractivity contribution in [1.82, 2.24) is 10.2 Å². The lowest BCUT2D eigenvalue weighted by molar-refractivity contribution is -0.137. The van der Waals surface area contributed by atoms with E-state index in [-0.39, 0.29) is 29.8 Å². The first-order valence-corrected chi connectivity index (χ1v) is 10.2. The van der Waals surface area contributed by atoms with Gasteiger partial charge in [-0.15, -0.1) is 10.2 Å². The number of nitrogens with two attached hydrogens (primary N) is 1. The van der Waals surface area contributed by atoms with E-state index in [9.17, 15) is 22.7 Å². The molecule has 2 heterocycles. The number of benzene rings is 1. The molecule has 2 aliphatic carbocycles. The lowest BCUT2D eigenvalue weighted by Gasteiger charge is -2.27. The molecule has 168 valence electrons. The number of halogens is 4. The molecule has 1 spiro atoms. The second-order valence-corrected chi connectivity index (χ2v) is 8.33. The van der Waals surface area contributed by atoms with E-state index in [0.29, 0.717) is 29.7 Å². The van der Waals surface area contributed by atoms with Crippen molar-refractivity contribution in [3.05, 3.63) is 34.6 Å². The van der Waals surface area contributed by atoms with Crippen LogP contribution in [0.2, 0.25) is 0 Å². The van der Waals surface area contributed by atoms with Crippen LogP contribution in [0.1, 0.15) is 55.2 Å². The summed E-state index contributed by atoms with van der Waals surface area (Å²) in [7, 11) is 0. The molecule has 2 aromatic rings. The van der Waals surface area contributed by atoms with Crippen LogP contribution in [0.15, 0.2) is 12.1 Å². The molecule has 2 saturated carbocycles. The highest BCUT2D eigenvalue weighted by atomic mass is 19.4. The lowest BCUT2D eigenvalue weighted by atomic mass is 9.92. The van der Waals surface area contributed by atoms with E-state index in [1.165, 1.54) is 12.8 Å². The van der Waals surface area contributed by atoms with E-state index in [0.717, 1.165) is 25.7 Å². The SMILES string of the molecule is Nc1nnc(-c2c(O)cc(C(F)(F)F)cc2F)c2c1COC1(CC1)C2.OC1CCCC1. The summed E-state index contributed by atoms with van der Waals surface area (Å²) in [4.78, 5) is 0. The number of hydrogen-bond acceptors (Lipinski definition) is 6. The Kier molecular flexibility index (Phi) is 5.55. The Morgan fingerprint density at radius 2 is 1.77 bits per heavy atom. The second kappa shape index (κ2) is 7.90. The van der Waals surface area contributed by atoms with E-state index in [1.54, 1.807) is 0 Å². The van der Waals surface area contributed by atoms with E-state index < -0.39 is 28.9 Å². The van der Waals surface area contributed by atoms with Crippen molar-refractivity contribution in [2.24, 2.45) is 0 Å². The van der Waals surface area contributed by atoms with Crippen LogP contribution in [0.5, 0.6) is 5.75 Å². The van der Waals surface area contributed by atoms with Crippen molar-refractivity contribution >= 4 is 5.82 Å². The first-order valence-electron chi connectivity index (χ1n) is 10.2. The normalized spacial score (nSPS) is 19.6. The molecule has 4 N–H and O–H groups in total. The topological polar surface area (TPSA) is 101 Å². The average Bonchev–Trinajstić information content (AvgIpc) is 3.25. The van der Waals surface area contributed by atoms with Crippen molar-refractivity contribution in [3.8, 4) is 17.0 Å². The molecule has 2 fully saturated rings. The summed E-state index contributed by atoms with van der Waals surface area (Å²) in [6.07, 6.45) is 1.89. The number of fused-ring (bicyclic) bond motifs is 1. The van der Waals surface area contributed by atoms with Gasteiger partial charge in [0, 0.05) is 12.0 Å². The molecule has 0 unspecified atom stereocenters. The summed E-state index contributed by atoms with van der Waals surface area (Å²) >= 11 is 0. The molecule has 0 radical (unpaired) electrons. The van der Waals surface area contributed by atoms with Crippen LogP contribution in [0.3, 0.4) is 0 Å². The predicted octanol–water partition coefficient (Wildman–Crippen LogP) is 4.12.